The summed E-state index contributed by atoms with van der Waals surface area (Å²) in [5, 5.41) is 9.50. The molecule has 0 atom stereocenters. The van der Waals surface area contributed by atoms with Gasteiger partial charge in [0.2, 0.25) is 21.2 Å². The molecule has 35 heavy (non-hydrogen) atoms. The molecule has 3 aromatic carbocycles. The van der Waals surface area contributed by atoms with Crippen LogP contribution in [0.15, 0.2) is 95.6 Å². The smallest absolute Gasteiger partial charge is 0.368 e. The van der Waals surface area contributed by atoms with E-state index in [1.165, 1.54) is 4.90 Å². The van der Waals surface area contributed by atoms with Gasteiger partial charge in [0.05, 0.1) is 12.3 Å². The molecule has 0 fully saturated rings. The van der Waals surface area contributed by atoms with Crippen molar-refractivity contribution in [3.63, 3.8) is 0 Å². The molecular weight excluding hydrogens is 468 g/mol. The molecule has 178 valence electrons. The summed E-state index contributed by atoms with van der Waals surface area (Å²) in [6.07, 6.45) is 2.13. The number of aromatic nitrogens is 1. The first-order valence-electron chi connectivity index (χ1n) is 10.7. The molecule has 0 radical (unpaired) electrons. The van der Waals surface area contributed by atoms with Crippen molar-refractivity contribution in [2.45, 2.75) is 13.0 Å². The molecule has 9 heteroatoms. The second kappa shape index (κ2) is 11.2. The molecule has 0 aliphatic rings. The maximum absolute atomic E-state index is 11.7. The number of carboxylic acids is 1. The topological polar surface area (TPSA) is 110 Å². The van der Waals surface area contributed by atoms with E-state index in [9.17, 15) is 18.3 Å². The largest absolute Gasteiger partial charge is 0.493 e. The van der Waals surface area contributed by atoms with Gasteiger partial charge < -0.3 is 19.2 Å². The Kier molecular flexibility index (Phi) is 7.59. The monoisotopic (exact) mass is 490 g/mol. The van der Waals surface area contributed by atoms with Crippen molar-refractivity contribution in [2.75, 3.05) is 11.5 Å². The standard InChI is InChI=1S/C26H22N2O6S/c29-26(30)25(35(31)32)28(17-19-7-3-1-4-8-19)22-11-13-23(14-12-22)33-16-15-21-18-34-24(27-21)20-9-5-2-6-10-20/h1-14,18H,15-17H2,(H,29,30). The van der Waals surface area contributed by atoms with Crippen LogP contribution in [0.3, 0.4) is 0 Å². The van der Waals surface area contributed by atoms with E-state index in [4.69, 9.17) is 9.15 Å². The minimum Gasteiger partial charge on any atom is -0.493 e. The normalized spacial score (nSPS) is 10.5. The fourth-order valence-electron chi connectivity index (χ4n) is 3.45. The van der Waals surface area contributed by atoms with E-state index in [1.807, 2.05) is 36.4 Å². The molecule has 0 aliphatic carbocycles. The van der Waals surface area contributed by atoms with Crippen LogP contribution >= 0.6 is 0 Å². The zero-order valence-corrected chi connectivity index (χ0v) is 19.4. The Hall–Kier alpha value is -4.37. The molecule has 0 spiro atoms. The minimum absolute atomic E-state index is 0.0760. The SMILES string of the molecule is O=C(O)C(N(Cc1ccccc1)c1ccc(OCCc2coc(-c3ccccc3)n2)cc1)=S(=O)=O. The van der Waals surface area contributed by atoms with Gasteiger partial charge >= 0.3 is 5.97 Å². The molecule has 1 N–H and O–H groups in total. The molecular formula is C26H22N2O6S. The lowest BCUT2D eigenvalue weighted by molar-refractivity contribution is -0.129. The van der Waals surface area contributed by atoms with E-state index >= 15 is 0 Å². The Balaban J connectivity index is 1.44. The Morgan fingerprint density at radius 2 is 1.60 bits per heavy atom. The number of rotatable bonds is 8. The van der Waals surface area contributed by atoms with Crippen LogP contribution in [-0.4, -0.2) is 36.1 Å². The number of hydrogen-bond acceptors (Lipinski definition) is 6. The molecule has 0 saturated heterocycles. The summed E-state index contributed by atoms with van der Waals surface area (Å²) in [6, 6.07) is 25.2. The van der Waals surface area contributed by atoms with Crippen LogP contribution < -0.4 is 9.64 Å². The molecule has 0 saturated carbocycles. The Labute approximate surface area is 203 Å². The number of anilines is 1. The number of hydrogen-bond donors (Lipinski definition) is 1. The number of aliphatic carboxylic acids is 1. The van der Waals surface area contributed by atoms with Crippen molar-refractivity contribution >= 4 is 26.9 Å². The zero-order valence-electron chi connectivity index (χ0n) is 18.6. The van der Waals surface area contributed by atoms with Crippen LogP contribution in [0.5, 0.6) is 5.75 Å². The van der Waals surface area contributed by atoms with Crippen molar-refractivity contribution < 1.29 is 27.5 Å². The number of oxazole rings is 1. The lowest BCUT2D eigenvalue weighted by Crippen LogP contribution is -2.37. The van der Waals surface area contributed by atoms with Gasteiger partial charge in [0.15, 0.2) is 0 Å². The summed E-state index contributed by atoms with van der Waals surface area (Å²) in [7, 11) is -2.94. The zero-order chi connectivity index (χ0) is 24.6. The molecule has 4 aromatic rings. The lowest BCUT2D eigenvalue weighted by Gasteiger charge is -2.23. The average molecular weight is 491 g/mol. The summed E-state index contributed by atoms with van der Waals surface area (Å²) in [5.41, 5.74) is 2.83. The van der Waals surface area contributed by atoms with Gasteiger partial charge in [-0.15, -0.1) is 0 Å². The number of nitrogens with zero attached hydrogens (tertiary/aromatic N) is 2. The van der Waals surface area contributed by atoms with E-state index in [2.05, 4.69) is 4.98 Å². The fraction of sp³-hybridized carbons (Fsp3) is 0.115. The second-order valence-corrected chi connectivity index (χ2v) is 8.38. The van der Waals surface area contributed by atoms with Gasteiger partial charge in [-0.3, -0.25) is 0 Å². The Morgan fingerprint density at radius 1 is 0.943 bits per heavy atom. The van der Waals surface area contributed by atoms with Crippen molar-refractivity contribution in [2.24, 2.45) is 0 Å². The first-order chi connectivity index (χ1) is 17.0. The van der Waals surface area contributed by atoms with Crippen LogP contribution in [0.1, 0.15) is 11.3 Å². The minimum atomic E-state index is -2.94. The predicted molar refractivity (Wildman–Crippen MR) is 132 cm³/mol. The number of carboxylic acid groups (broad SMARTS) is 1. The Bertz CT molecular complexity index is 1410. The second-order valence-electron chi connectivity index (χ2n) is 7.52. The van der Waals surface area contributed by atoms with Gasteiger partial charge in [-0.05, 0) is 42.0 Å². The first kappa shape index (κ1) is 23.8. The maximum Gasteiger partial charge on any atom is 0.368 e. The van der Waals surface area contributed by atoms with Crippen LogP contribution in [0, 0.1) is 0 Å². The van der Waals surface area contributed by atoms with Crippen LogP contribution in [-0.2, 0) is 28.1 Å². The molecule has 8 nitrogen and oxygen atoms in total. The van der Waals surface area contributed by atoms with Crippen LogP contribution in [0.4, 0.5) is 5.69 Å². The third-order valence-electron chi connectivity index (χ3n) is 5.12. The molecule has 1 heterocycles. The molecule has 1 aromatic heterocycles. The van der Waals surface area contributed by atoms with Crippen molar-refractivity contribution in [1.82, 2.24) is 4.98 Å². The van der Waals surface area contributed by atoms with Crippen molar-refractivity contribution in [3.05, 3.63) is 102 Å². The first-order valence-corrected chi connectivity index (χ1v) is 11.8. The van der Waals surface area contributed by atoms with Crippen LogP contribution in [0.25, 0.3) is 11.5 Å². The molecule has 0 bridgehead atoms. The van der Waals surface area contributed by atoms with Gasteiger partial charge in [-0.2, -0.15) is 8.42 Å². The van der Waals surface area contributed by atoms with E-state index < -0.39 is 21.3 Å². The molecule has 0 aliphatic heterocycles. The molecule has 4 rings (SSSR count). The molecule has 0 unspecified atom stereocenters. The summed E-state index contributed by atoms with van der Waals surface area (Å²) in [5.74, 6) is -0.429. The summed E-state index contributed by atoms with van der Waals surface area (Å²) >= 11 is 0. The summed E-state index contributed by atoms with van der Waals surface area (Å²) < 4.78 is 34.7. The summed E-state index contributed by atoms with van der Waals surface area (Å²) in [4.78, 5) is 16.6. The third kappa shape index (κ3) is 6.15. The maximum atomic E-state index is 11.7. The van der Waals surface area contributed by atoms with Gasteiger partial charge in [-0.1, -0.05) is 48.5 Å². The average Bonchev–Trinajstić information content (AvgIpc) is 3.34. The van der Waals surface area contributed by atoms with Gasteiger partial charge in [0, 0.05) is 24.2 Å². The van der Waals surface area contributed by atoms with Gasteiger partial charge in [0.25, 0.3) is 0 Å². The number of ether oxygens (including phenoxy) is 1. The van der Waals surface area contributed by atoms with Gasteiger partial charge in [0.1, 0.15) is 12.0 Å². The third-order valence-corrected chi connectivity index (χ3v) is 5.83. The highest BCUT2D eigenvalue weighted by molar-refractivity contribution is 7.75. The summed E-state index contributed by atoms with van der Waals surface area (Å²) in [6.45, 7) is 0.428. The fourth-order valence-corrected chi connectivity index (χ4v) is 3.95. The quantitative estimate of drug-likeness (QED) is 0.368. The van der Waals surface area contributed by atoms with E-state index in [-0.39, 0.29) is 6.54 Å². The van der Waals surface area contributed by atoms with Crippen molar-refractivity contribution in [1.29, 1.82) is 0 Å². The Morgan fingerprint density at radius 3 is 2.23 bits per heavy atom. The highest BCUT2D eigenvalue weighted by Crippen LogP contribution is 2.23. The number of carbonyl (C=O) groups is 1. The molecule has 0 amide bonds. The highest BCUT2D eigenvalue weighted by atomic mass is 32.2. The van der Waals surface area contributed by atoms with E-state index in [0.29, 0.717) is 30.4 Å². The van der Waals surface area contributed by atoms with E-state index in [0.717, 1.165) is 16.8 Å². The lowest BCUT2D eigenvalue weighted by atomic mass is 10.2. The van der Waals surface area contributed by atoms with E-state index in [1.54, 1.807) is 54.8 Å². The van der Waals surface area contributed by atoms with Crippen LogP contribution in [0.2, 0.25) is 0 Å². The van der Waals surface area contributed by atoms with Gasteiger partial charge in [-0.25, -0.2) is 9.78 Å². The highest BCUT2D eigenvalue weighted by Gasteiger charge is 2.23. The van der Waals surface area contributed by atoms with Crippen molar-refractivity contribution in [3.8, 4) is 17.2 Å². The predicted octanol–water partition coefficient (Wildman–Crippen LogP) is 4.06. The number of benzene rings is 3.